The predicted molar refractivity (Wildman–Crippen MR) is 253 cm³/mol. The molecule has 0 rings (SSSR count). The maximum atomic E-state index is 13.3. The molecule has 0 aromatic carbocycles. The van der Waals surface area contributed by atoms with E-state index in [1.807, 2.05) is 23.9 Å². The van der Waals surface area contributed by atoms with E-state index < -0.39 is 6.10 Å². The minimum absolute atomic E-state index is 0.0135. The Labute approximate surface area is 365 Å². The van der Waals surface area contributed by atoms with Crippen molar-refractivity contribution in [2.45, 2.75) is 251 Å². The zero-order valence-corrected chi connectivity index (χ0v) is 40.1. The summed E-state index contributed by atoms with van der Waals surface area (Å²) in [6.45, 7) is 13.9. The highest BCUT2D eigenvalue weighted by atomic mass is 32.2. The Hall–Kier alpha value is -1.25. The van der Waals surface area contributed by atoms with Crippen molar-refractivity contribution in [3.8, 4) is 0 Å². The van der Waals surface area contributed by atoms with Crippen LogP contribution in [0.1, 0.15) is 239 Å². The zero-order valence-electron chi connectivity index (χ0n) is 39.3. The third-order valence-corrected chi connectivity index (χ3v) is 12.3. The van der Waals surface area contributed by atoms with Gasteiger partial charge in [-0.1, -0.05) is 180 Å². The van der Waals surface area contributed by atoms with Gasteiger partial charge in [0.2, 0.25) is 0 Å². The standard InChI is InChI=1S/C50H98N2O5S/c1-7-10-13-16-19-20-21-27-35-43-56-46(4)36-29-28-34-42-52(50(55)58-44-40-47(53)45-51(5)6)41-33-26-22-25-32-39-49(54)57-48(37-30-23-17-14-11-8-2)38-31-24-18-15-12-9-3/h47-48,53H,4,7-45H2,1-3,5-6H3. The summed E-state index contributed by atoms with van der Waals surface area (Å²) in [6, 6.07) is 0. The zero-order chi connectivity index (χ0) is 42.7. The minimum Gasteiger partial charge on any atom is -0.499 e. The maximum Gasteiger partial charge on any atom is 0.306 e. The summed E-state index contributed by atoms with van der Waals surface area (Å²) >= 11 is 1.35. The number of hydrogen-bond donors (Lipinski definition) is 1. The normalized spacial score (nSPS) is 12.1. The number of likely N-dealkylation sites (N-methyl/N-ethyl adjacent to an activating group) is 1. The molecule has 1 N–H and O–H groups in total. The van der Waals surface area contributed by atoms with Crippen LogP contribution >= 0.6 is 11.8 Å². The van der Waals surface area contributed by atoms with Gasteiger partial charge in [-0.05, 0) is 78.3 Å². The fourth-order valence-electron chi connectivity index (χ4n) is 7.60. The number of allylic oxidation sites excluding steroid dienone is 1. The number of ether oxygens (including phenoxy) is 2. The maximum absolute atomic E-state index is 13.3. The number of amides is 1. The predicted octanol–water partition coefficient (Wildman–Crippen LogP) is 14.8. The number of nitrogens with zero attached hydrogens (tertiary/aromatic N) is 2. The van der Waals surface area contributed by atoms with Crippen LogP contribution in [-0.2, 0) is 14.3 Å². The van der Waals surface area contributed by atoms with Crippen LogP contribution in [0.3, 0.4) is 0 Å². The molecule has 0 aliphatic carbocycles. The molecule has 0 fully saturated rings. The number of aliphatic hydroxyl groups excluding tert-OH is 1. The third kappa shape index (κ3) is 40.2. The number of aliphatic hydroxyl groups is 1. The first-order chi connectivity index (χ1) is 28.2. The van der Waals surface area contributed by atoms with Gasteiger partial charge in [0.1, 0.15) is 6.10 Å². The van der Waals surface area contributed by atoms with E-state index in [9.17, 15) is 14.7 Å². The van der Waals surface area contributed by atoms with Gasteiger partial charge in [0, 0.05) is 38.2 Å². The molecule has 0 saturated carbocycles. The van der Waals surface area contributed by atoms with Crippen molar-refractivity contribution in [1.29, 1.82) is 0 Å². The monoisotopic (exact) mass is 839 g/mol. The first kappa shape index (κ1) is 56.8. The third-order valence-electron chi connectivity index (χ3n) is 11.3. The van der Waals surface area contributed by atoms with E-state index in [1.54, 1.807) is 0 Å². The Morgan fingerprint density at radius 3 is 1.52 bits per heavy atom. The lowest BCUT2D eigenvalue weighted by molar-refractivity contribution is -0.150. The quantitative estimate of drug-likeness (QED) is 0.0372. The Bertz CT molecular complexity index is 902. The van der Waals surface area contributed by atoms with Crippen LogP contribution in [0.15, 0.2) is 12.3 Å². The van der Waals surface area contributed by atoms with Crippen LogP contribution in [0, 0.1) is 0 Å². The smallest absolute Gasteiger partial charge is 0.306 e. The number of hydrogen-bond acceptors (Lipinski definition) is 7. The van der Waals surface area contributed by atoms with Crippen LogP contribution < -0.4 is 0 Å². The van der Waals surface area contributed by atoms with Crippen LogP contribution in [0.5, 0.6) is 0 Å². The molecule has 0 saturated heterocycles. The molecular weight excluding hydrogens is 741 g/mol. The SMILES string of the molecule is C=C(CCCCCN(CCCCCCCC(=O)OC(CCCCCCCC)CCCCCCCC)C(=O)SCCC(O)CN(C)C)OCCCCCCCCCCC. The second-order valence-corrected chi connectivity index (χ2v) is 18.6. The summed E-state index contributed by atoms with van der Waals surface area (Å²) in [5.74, 6) is 1.52. The summed E-state index contributed by atoms with van der Waals surface area (Å²) in [5, 5.41) is 10.4. The Morgan fingerprint density at radius 2 is 1.00 bits per heavy atom. The van der Waals surface area contributed by atoms with E-state index in [2.05, 4.69) is 27.4 Å². The van der Waals surface area contributed by atoms with Gasteiger partial charge in [-0.15, -0.1) is 0 Å². The molecule has 7 nitrogen and oxygen atoms in total. The number of carbonyl (C=O) groups is 2. The lowest BCUT2D eigenvalue weighted by Crippen LogP contribution is -2.31. The van der Waals surface area contributed by atoms with Crippen LogP contribution in [0.4, 0.5) is 4.79 Å². The molecule has 344 valence electrons. The van der Waals surface area contributed by atoms with Crippen LogP contribution in [0.2, 0.25) is 0 Å². The van der Waals surface area contributed by atoms with Crippen LogP contribution in [-0.4, -0.2) is 84.4 Å². The van der Waals surface area contributed by atoms with Crippen molar-refractivity contribution in [2.24, 2.45) is 0 Å². The molecule has 0 spiro atoms. The van der Waals surface area contributed by atoms with Crippen molar-refractivity contribution in [2.75, 3.05) is 46.1 Å². The highest BCUT2D eigenvalue weighted by Gasteiger charge is 2.16. The van der Waals surface area contributed by atoms with E-state index >= 15 is 0 Å². The van der Waals surface area contributed by atoms with E-state index in [4.69, 9.17) is 9.47 Å². The number of carbonyl (C=O) groups excluding carboxylic acids is 2. The summed E-state index contributed by atoms with van der Waals surface area (Å²) in [4.78, 5) is 30.1. The first-order valence-corrected chi connectivity index (χ1v) is 26.0. The fraction of sp³-hybridized carbons (Fsp3) is 0.920. The van der Waals surface area contributed by atoms with Gasteiger partial charge < -0.3 is 24.4 Å². The van der Waals surface area contributed by atoms with E-state index in [-0.39, 0.29) is 17.3 Å². The van der Waals surface area contributed by atoms with Crippen molar-refractivity contribution in [3.05, 3.63) is 12.3 Å². The molecule has 0 aliphatic heterocycles. The van der Waals surface area contributed by atoms with Crippen LogP contribution in [0.25, 0.3) is 0 Å². The molecule has 0 bridgehead atoms. The first-order valence-electron chi connectivity index (χ1n) is 25.0. The highest BCUT2D eigenvalue weighted by molar-refractivity contribution is 8.13. The second kappa shape index (κ2) is 43.8. The highest BCUT2D eigenvalue weighted by Crippen LogP contribution is 2.20. The lowest BCUT2D eigenvalue weighted by atomic mass is 10.0. The average molecular weight is 839 g/mol. The summed E-state index contributed by atoms with van der Waals surface area (Å²) < 4.78 is 12.0. The van der Waals surface area contributed by atoms with Crippen molar-refractivity contribution in [3.63, 3.8) is 0 Å². The van der Waals surface area contributed by atoms with E-state index in [0.717, 1.165) is 115 Å². The van der Waals surface area contributed by atoms with Gasteiger partial charge in [-0.3, -0.25) is 9.59 Å². The van der Waals surface area contributed by atoms with Gasteiger partial charge >= 0.3 is 5.97 Å². The van der Waals surface area contributed by atoms with Gasteiger partial charge in [0.15, 0.2) is 0 Å². The fourth-order valence-corrected chi connectivity index (χ4v) is 8.53. The molecule has 58 heavy (non-hydrogen) atoms. The number of esters is 1. The van der Waals surface area contributed by atoms with Crippen molar-refractivity contribution < 1.29 is 24.2 Å². The van der Waals surface area contributed by atoms with Gasteiger partial charge in [0.25, 0.3) is 5.24 Å². The second-order valence-electron chi connectivity index (χ2n) is 17.6. The molecule has 1 atom stereocenters. The summed E-state index contributed by atoms with van der Waals surface area (Å²) in [6.07, 6.45) is 38.8. The van der Waals surface area contributed by atoms with Crippen molar-refractivity contribution in [1.82, 2.24) is 9.80 Å². The molecule has 1 amide bonds. The molecule has 8 heteroatoms. The largest absolute Gasteiger partial charge is 0.499 e. The van der Waals surface area contributed by atoms with Gasteiger partial charge in [-0.2, -0.15) is 0 Å². The molecule has 0 aliphatic rings. The number of rotatable bonds is 45. The molecular formula is C50H98N2O5S. The average Bonchev–Trinajstić information content (AvgIpc) is 3.19. The Morgan fingerprint density at radius 1 is 0.569 bits per heavy atom. The number of unbranched alkanes of at least 4 members (excludes halogenated alkanes) is 24. The molecule has 0 heterocycles. The van der Waals surface area contributed by atoms with Gasteiger partial charge in [0.05, 0.1) is 18.5 Å². The molecule has 0 aromatic heterocycles. The molecule has 1 unspecified atom stereocenters. The van der Waals surface area contributed by atoms with E-state index in [1.165, 1.54) is 127 Å². The van der Waals surface area contributed by atoms with E-state index in [0.29, 0.717) is 25.1 Å². The Balaban J connectivity index is 4.53. The molecule has 0 radical (unpaired) electrons. The molecule has 0 aromatic rings. The summed E-state index contributed by atoms with van der Waals surface area (Å²) in [5.41, 5.74) is 0. The summed E-state index contributed by atoms with van der Waals surface area (Å²) in [7, 11) is 3.92. The lowest BCUT2D eigenvalue weighted by Gasteiger charge is -2.23. The minimum atomic E-state index is -0.414. The topological polar surface area (TPSA) is 79.3 Å². The van der Waals surface area contributed by atoms with Gasteiger partial charge in [-0.25, -0.2) is 0 Å². The number of thioether (sulfide) groups is 1. The van der Waals surface area contributed by atoms with Crippen molar-refractivity contribution >= 4 is 23.0 Å². The Kier molecular flexibility index (Phi) is 42.9.